The zero-order valence-corrected chi connectivity index (χ0v) is 14.7. The van der Waals surface area contributed by atoms with Gasteiger partial charge in [-0.05, 0) is 43.2 Å². The summed E-state index contributed by atoms with van der Waals surface area (Å²) in [4.78, 5) is 27.7. The van der Waals surface area contributed by atoms with Crippen LogP contribution in [0.1, 0.15) is 39.7 Å². The van der Waals surface area contributed by atoms with Crippen molar-refractivity contribution in [2.45, 2.75) is 19.4 Å². The van der Waals surface area contributed by atoms with Crippen LogP contribution < -0.4 is 5.43 Å². The van der Waals surface area contributed by atoms with E-state index in [1.54, 1.807) is 24.3 Å². The van der Waals surface area contributed by atoms with Gasteiger partial charge in [-0.15, -0.1) is 0 Å². The van der Waals surface area contributed by atoms with Crippen LogP contribution in [0.3, 0.4) is 0 Å². The van der Waals surface area contributed by atoms with Crippen LogP contribution >= 0.6 is 0 Å². The van der Waals surface area contributed by atoms with E-state index in [9.17, 15) is 19.1 Å². The van der Waals surface area contributed by atoms with Gasteiger partial charge in [-0.2, -0.15) is 0 Å². The molecule has 138 valence electrons. The number of aliphatic hydroxyl groups excluding tert-OH is 1. The van der Waals surface area contributed by atoms with E-state index in [1.165, 1.54) is 17.0 Å². The van der Waals surface area contributed by atoms with Gasteiger partial charge in [0.25, 0.3) is 5.91 Å². The first-order chi connectivity index (χ1) is 13.0. The summed E-state index contributed by atoms with van der Waals surface area (Å²) in [6, 6.07) is 10.3. The molecule has 0 bridgehead atoms. The summed E-state index contributed by atoms with van der Waals surface area (Å²) in [6.45, 7) is 2.05. The molecular formula is C21H18FNO4. The molecule has 0 fully saturated rings. The first-order valence-corrected chi connectivity index (χ1v) is 8.76. The van der Waals surface area contributed by atoms with Gasteiger partial charge in [0.2, 0.25) is 5.76 Å². The zero-order chi connectivity index (χ0) is 19.1. The number of hydrogen-bond acceptors (Lipinski definition) is 4. The number of aliphatic hydroxyl groups is 1. The Balaban J connectivity index is 1.97. The van der Waals surface area contributed by atoms with E-state index < -0.39 is 17.8 Å². The molecule has 0 aliphatic carbocycles. The third kappa shape index (κ3) is 2.82. The quantitative estimate of drug-likeness (QED) is 0.769. The topological polar surface area (TPSA) is 70.8 Å². The molecule has 1 aromatic heterocycles. The second kappa shape index (κ2) is 6.63. The molecule has 1 atom stereocenters. The third-order valence-corrected chi connectivity index (χ3v) is 4.86. The van der Waals surface area contributed by atoms with E-state index in [4.69, 9.17) is 4.42 Å². The van der Waals surface area contributed by atoms with Crippen molar-refractivity contribution in [3.8, 4) is 0 Å². The largest absolute Gasteiger partial charge is 0.450 e. The summed E-state index contributed by atoms with van der Waals surface area (Å²) in [6.07, 6.45) is 0.365. The number of rotatable bonds is 4. The van der Waals surface area contributed by atoms with Crippen LogP contribution in [0, 0.1) is 12.7 Å². The van der Waals surface area contributed by atoms with Crippen LogP contribution in [-0.2, 0) is 0 Å². The molecule has 6 heteroatoms. The van der Waals surface area contributed by atoms with E-state index in [2.05, 4.69) is 0 Å². The maximum absolute atomic E-state index is 13.4. The van der Waals surface area contributed by atoms with Gasteiger partial charge in [-0.1, -0.05) is 23.8 Å². The molecule has 3 aromatic rings. The molecule has 27 heavy (non-hydrogen) atoms. The van der Waals surface area contributed by atoms with Crippen LogP contribution in [-0.4, -0.2) is 29.1 Å². The Labute approximate surface area is 154 Å². The van der Waals surface area contributed by atoms with Crippen molar-refractivity contribution in [2.75, 3.05) is 13.2 Å². The molecule has 1 aliphatic rings. The average Bonchev–Trinajstić information content (AvgIpc) is 2.94. The third-order valence-electron chi connectivity index (χ3n) is 4.86. The number of nitrogens with zero attached hydrogens (tertiary/aromatic N) is 1. The van der Waals surface area contributed by atoms with Crippen LogP contribution in [0.25, 0.3) is 11.0 Å². The number of amides is 1. The van der Waals surface area contributed by atoms with Gasteiger partial charge in [0.1, 0.15) is 11.4 Å². The number of aryl methyl sites for hydroxylation is 1. The maximum Gasteiger partial charge on any atom is 0.290 e. The van der Waals surface area contributed by atoms with Gasteiger partial charge in [-0.3, -0.25) is 9.59 Å². The minimum atomic E-state index is -0.666. The van der Waals surface area contributed by atoms with E-state index in [0.717, 1.165) is 5.56 Å². The fraction of sp³-hybridized carbons (Fsp3) is 0.238. The monoisotopic (exact) mass is 367 g/mol. The van der Waals surface area contributed by atoms with Crippen molar-refractivity contribution in [3.05, 3.63) is 81.0 Å². The molecule has 5 nitrogen and oxygen atoms in total. The summed E-state index contributed by atoms with van der Waals surface area (Å²) >= 11 is 0. The van der Waals surface area contributed by atoms with Gasteiger partial charge >= 0.3 is 0 Å². The average molecular weight is 367 g/mol. The zero-order valence-electron chi connectivity index (χ0n) is 14.7. The molecule has 0 radical (unpaired) electrons. The molecule has 1 amide bonds. The highest BCUT2D eigenvalue weighted by molar-refractivity contribution is 5.99. The lowest BCUT2D eigenvalue weighted by Crippen LogP contribution is -2.31. The summed E-state index contributed by atoms with van der Waals surface area (Å²) in [5, 5.41) is 9.60. The Morgan fingerprint density at radius 1 is 1.15 bits per heavy atom. The highest BCUT2D eigenvalue weighted by atomic mass is 19.1. The fourth-order valence-corrected chi connectivity index (χ4v) is 3.60. The van der Waals surface area contributed by atoms with Gasteiger partial charge in [0, 0.05) is 13.2 Å². The lowest BCUT2D eigenvalue weighted by molar-refractivity contribution is 0.0716. The Morgan fingerprint density at radius 3 is 2.59 bits per heavy atom. The summed E-state index contributed by atoms with van der Waals surface area (Å²) < 4.78 is 19.2. The Bertz CT molecular complexity index is 1090. The molecule has 0 saturated carbocycles. The van der Waals surface area contributed by atoms with Gasteiger partial charge in [-0.25, -0.2) is 4.39 Å². The fourth-order valence-electron chi connectivity index (χ4n) is 3.60. The van der Waals surface area contributed by atoms with Gasteiger partial charge in [0.05, 0.1) is 17.0 Å². The summed E-state index contributed by atoms with van der Waals surface area (Å²) in [5.41, 5.74) is 1.90. The van der Waals surface area contributed by atoms with Crippen molar-refractivity contribution < 1.29 is 18.7 Å². The van der Waals surface area contributed by atoms with E-state index >= 15 is 0 Å². The SMILES string of the molecule is Cc1ccc2oc3c(c(=O)c2c1)[C@H](c1ccc(F)cc1)N(CCCO)C3=O. The Kier molecular flexibility index (Phi) is 4.28. The van der Waals surface area contributed by atoms with E-state index in [0.29, 0.717) is 23.0 Å². The molecule has 0 unspecified atom stereocenters. The van der Waals surface area contributed by atoms with E-state index in [-0.39, 0.29) is 29.9 Å². The van der Waals surface area contributed by atoms with Crippen LogP contribution in [0.2, 0.25) is 0 Å². The first-order valence-electron chi connectivity index (χ1n) is 8.76. The molecule has 2 aromatic carbocycles. The normalized spacial score (nSPS) is 16.2. The number of halogens is 1. The Morgan fingerprint density at radius 2 is 1.89 bits per heavy atom. The van der Waals surface area contributed by atoms with Crippen molar-refractivity contribution in [2.24, 2.45) is 0 Å². The van der Waals surface area contributed by atoms with Crippen molar-refractivity contribution >= 4 is 16.9 Å². The number of carbonyl (C=O) groups excluding carboxylic acids is 1. The minimum absolute atomic E-state index is 0.0172. The minimum Gasteiger partial charge on any atom is -0.450 e. The van der Waals surface area contributed by atoms with Crippen molar-refractivity contribution in [3.63, 3.8) is 0 Å². The lowest BCUT2D eigenvalue weighted by atomic mass is 9.98. The predicted octanol–water partition coefficient (Wildman–Crippen LogP) is 3.17. The van der Waals surface area contributed by atoms with Gasteiger partial charge < -0.3 is 14.4 Å². The highest BCUT2D eigenvalue weighted by Gasteiger charge is 2.42. The molecule has 2 heterocycles. The van der Waals surface area contributed by atoms with Crippen LogP contribution in [0.15, 0.2) is 51.7 Å². The number of benzene rings is 2. The maximum atomic E-state index is 13.4. The smallest absolute Gasteiger partial charge is 0.290 e. The molecular weight excluding hydrogens is 349 g/mol. The molecule has 1 aliphatic heterocycles. The van der Waals surface area contributed by atoms with Crippen molar-refractivity contribution in [1.29, 1.82) is 0 Å². The number of hydrogen-bond donors (Lipinski definition) is 1. The highest BCUT2D eigenvalue weighted by Crippen LogP contribution is 2.38. The molecule has 4 rings (SSSR count). The lowest BCUT2D eigenvalue weighted by Gasteiger charge is -2.24. The summed E-state index contributed by atoms with van der Waals surface area (Å²) in [5.74, 6) is -0.776. The second-order valence-corrected chi connectivity index (χ2v) is 6.70. The number of fused-ring (bicyclic) bond motifs is 2. The summed E-state index contributed by atoms with van der Waals surface area (Å²) in [7, 11) is 0. The molecule has 0 saturated heterocycles. The second-order valence-electron chi connectivity index (χ2n) is 6.70. The Hall–Kier alpha value is -2.99. The number of carbonyl (C=O) groups is 1. The predicted molar refractivity (Wildman–Crippen MR) is 98.2 cm³/mol. The molecule has 1 N–H and O–H groups in total. The first kappa shape index (κ1) is 17.4. The van der Waals surface area contributed by atoms with Crippen LogP contribution in [0.4, 0.5) is 4.39 Å². The van der Waals surface area contributed by atoms with Gasteiger partial charge in [0.15, 0.2) is 5.43 Å². The van der Waals surface area contributed by atoms with E-state index in [1.807, 2.05) is 13.0 Å². The molecule has 0 spiro atoms. The van der Waals surface area contributed by atoms with Crippen LogP contribution in [0.5, 0.6) is 0 Å². The standard InChI is InChI=1S/C21H18FNO4/c1-12-3-8-16-15(11-12)19(25)17-18(13-4-6-14(22)7-5-13)23(9-2-10-24)21(26)20(17)27-16/h3-8,11,18,24H,2,9-10H2,1H3/t18-/m0/s1. The van der Waals surface area contributed by atoms with Crippen molar-refractivity contribution in [1.82, 2.24) is 4.90 Å².